The highest BCUT2D eigenvalue weighted by Crippen LogP contribution is 2.27. The molecule has 0 spiro atoms. The van der Waals surface area contributed by atoms with Crippen LogP contribution in [-0.4, -0.2) is 39.6 Å². The van der Waals surface area contributed by atoms with Crippen molar-refractivity contribution < 1.29 is 4.79 Å². The van der Waals surface area contributed by atoms with Gasteiger partial charge in [-0.1, -0.05) is 18.2 Å². The standard InChI is InChI=1S/C19H23N3O2S/c1-13-5-3-4-6-17(13)25-12-19(24)22-9-7-15(8-10-22)16-11-18(23)21-14(2)20-16/h3-6,11,15H,7-10,12H2,1-2H3,(H,20,21,23). The summed E-state index contributed by atoms with van der Waals surface area (Å²) in [5, 5.41) is 0. The summed E-state index contributed by atoms with van der Waals surface area (Å²) in [5.41, 5.74) is 1.95. The molecule has 1 fully saturated rings. The van der Waals surface area contributed by atoms with Crippen molar-refractivity contribution in [1.29, 1.82) is 0 Å². The highest BCUT2D eigenvalue weighted by atomic mass is 32.2. The van der Waals surface area contributed by atoms with Crippen LogP contribution in [0.1, 0.15) is 35.8 Å². The minimum Gasteiger partial charge on any atom is -0.342 e. The van der Waals surface area contributed by atoms with Gasteiger partial charge >= 0.3 is 0 Å². The predicted octanol–water partition coefficient (Wildman–Crippen LogP) is 2.89. The molecule has 1 aromatic heterocycles. The van der Waals surface area contributed by atoms with Crippen LogP contribution in [0.15, 0.2) is 40.0 Å². The van der Waals surface area contributed by atoms with E-state index in [2.05, 4.69) is 29.0 Å². The third-order valence-corrected chi connectivity index (χ3v) is 5.75. The van der Waals surface area contributed by atoms with E-state index < -0.39 is 0 Å². The number of carbonyl (C=O) groups is 1. The Morgan fingerprint density at radius 1 is 1.28 bits per heavy atom. The van der Waals surface area contributed by atoms with Crippen LogP contribution in [0.2, 0.25) is 0 Å². The van der Waals surface area contributed by atoms with Crippen LogP contribution in [0, 0.1) is 13.8 Å². The number of aromatic amines is 1. The molecule has 3 rings (SSSR count). The van der Waals surface area contributed by atoms with Gasteiger partial charge in [-0.3, -0.25) is 9.59 Å². The second-order valence-corrected chi connectivity index (χ2v) is 7.48. The van der Waals surface area contributed by atoms with E-state index in [9.17, 15) is 9.59 Å². The third-order valence-electron chi connectivity index (χ3n) is 4.59. The second-order valence-electron chi connectivity index (χ2n) is 6.46. The molecule has 0 unspecified atom stereocenters. The lowest BCUT2D eigenvalue weighted by molar-refractivity contribution is -0.129. The van der Waals surface area contributed by atoms with Gasteiger partial charge in [0.15, 0.2) is 0 Å². The lowest BCUT2D eigenvalue weighted by Crippen LogP contribution is -2.39. The molecule has 6 heteroatoms. The smallest absolute Gasteiger partial charge is 0.251 e. The molecule has 132 valence electrons. The average molecular weight is 357 g/mol. The highest BCUT2D eigenvalue weighted by molar-refractivity contribution is 8.00. The van der Waals surface area contributed by atoms with Gasteiger partial charge in [0, 0.05) is 30.0 Å². The Balaban J connectivity index is 1.54. The van der Waals surface area contributed by atoms with Crippen molar-refractivity contribution in [2.75, 3.05) is 18.8 Å². The Hall–Kier alpha value is -2.08. The molecular weight excluding hydrogens is 334 g/mol. The Bertz CT molecular complexity index is 810. The predicted molar refractivity (Wildman–Crippen MR) is 100 cm³/mol. The van der Waals surface area contributed by atoms with Gasteiger partial charge in [0.2, 0.25) is 5.91 Å². The van der Waals surface area contributed by atoms with E-state index in [-0.39, 0.29) is 17.4 Å². The number of benzene rings is 1. The zero-order valence-corrected chi connectivity index (χ0v) is 15.4. The molecule has 1 aliphatic heterocycles. The number of likely N-dealkylation sites (tertiary alicyclic amines) is 1. The van der Waals surface area contributed by atoms with Crippen molar-refractivity contribution >= 4 is 17.7 Å². The molecule has 2 aromatic rings. The van der Waals surface area contributed by atoms with Gasteiger partial charge in [-0.2, -0.15) is 0 Å². The first-order chi connectivity index (χ1) is 12.0. The quantitative estimate of drug-likeness (QED) is 0.855. The van der Waals surface area contributed by atoms with E-state index in [1.54, 1.807) is 24.8 Å². The molecule has 0 bridgehead atoms. The zero-order chi connectivity index (χ0) is 17.8. The molecule has 0 radical (unpaired) electrons. The number of nitrogens with one attached hydrogen (secondary N) is 1. The van der Waals surface area contributed by atoms with E-state index in [0.717, 1.165) is 36.5 Å². The number of thioether (sulfide) groups is 1. The van der Waals surface area contributed by atoms with Crippen molar-refractivity contribution in [2.24, 2.45) is 0 Å². The molecule has 1 saturated heterocycles. The molecule has 1 aliphatic rings. The normalized spacial score (nSPS) is 15.4. The minimum absolute atomic E-state index is 0.101. The number of carbonyl (C=O) groups excluding carboxylic acids is 1. The summed E-state index contributed by atoms with van der Waals surface area (Å²) < 4.78 is 0. The Morgan fingerprint density at radius 3 is 2.68 bits per heavy atom. The number of aromatic nitrogens is 2. The first-order valence-corrected chi connectivity index (χ1v) is 9.55. The molecular formula is C19H23N3O2S. The topological polar surface area (TPSA) is 66.1 Å². The number of aryl methyl sites for hydroxylation is 2. The first-order valence-electron chi connectivity index (χ1n) is 8.57. The van der Waals surface area contributed by atoms with E-state index in [4.69, 9.17) is 0 Å². The summed E-state index contributed by atoms with van der Waals surface area (Å²) in [5.74, 6) is 1.56. The second kappa shape index (κ2) is 7.87. The van der Waals surface area contributed by atoms with Crippen LogP contribution < -0.4 is 5.56 Å². The van der Waals surface area contributed by atoms with Crippen molar-refractivity contribution in [3.05, 3.63) is 57.8 Å². The fourth-order valence-corrected chi connectivity index (χ4v) is 4.12. The lowest BCUT2D eigenvalue weighted by Gasteiger charge is -2.31. The van der Waals surface area contributed by atoms with Crippen molar-refractivity contribution in [1.82, 2.24) is 14.9 Å². The fraction of sp³-hybridized carbons (Fsp3) is 0.421. The van der Waals surface area contributed by atoms with Crippen LogP contribution in [0.25, 0.3) is 0 Å². The van der Waals surface area contributed by atoms with E-state index in [0.29, 0.717) is 11.6 Å². The van der Waals surface area contributed by atoms with Crippen LogP contribution >= 0.6 is 11.8 Å². The molecule has 1 aromatic carbocycles. The maximum atomic E-state index is 12.5. The van der Waals surface area contributed by atoms with E-state index >= 15 is 0 Å². The Labute approximate surface area is 151 Å². The maximum absolute atomic E-state index is 12.5. The molecule has 0 saturated carbocycles. The largest absolute Gasteiger partial charge is 0.342 e. The monoisotopic (exact) mass is 357 g/mol. The Morgan fingerprint density at radius 2 is 2.00 bits per heavy atom. The number of amides is 1. The van der Waals surface area contributed by atoms with Crippen LogP contribution in [0.5, 0.6) is 0 Å². The van der Waals surface area contributed by atoms with Gasteiger partial charge in [-0.25, -0.2) is 4.98 Å². The summed E-state index contributed by atoms with van der Waals surface area (Å²) in [4.78, 5) is 34.3. The molecule has 2 heterocycles. The average Bonchev–Trinajstić information content (AvgIpc) is 2.60. The number of hydrogen-bond donors (Lipinski definition) is 1. The summed E-state index contributed by atoms with van der Waals surface area (Å²) in [6.07, 6.45) is 1.72. The summed E-state index contributed by atoms with van der Waals surface area (Å²) in [6.45, 7) is 5.32. The van der Waals surface area contributed by atoms with Gasteiger partial charge in [-0.05, 0) is 38.3 Å². The van der Waals surface area contributed by atoms with E-state index in [1.807, 2.05) is 17.0 Å². The summed E-state index contributed by atoms with van der Waals surface area (Å²) >= 11 is 1.60. The third kappa shape index (κ3) is 4.51. The fourth-order valence-electron chi connectivity index (χ4n) is 3.19. The molecule has 0 atom stereocenters. The van der Waals surface area contributed by atoms with Gasteiger partial charge in [-0.15, -0.1) is 11.8 Å². The molecule has 1 N–H and O–H groups in total. The van der Waals surface area contributed by atoms with E-state index in [1.165, 1.54) is 5.56 Å². The molecule has 5 nitrogen and oxygen atoms in total. The number of hydrogen-bond acceptors (Lipinski definition) is 4. The van der Waals surface area contributed by atoms with Crippen LogP contribution in [0.3, 0.4) is 0 Å². The van der Waals surface area contributed by atoms with Gasteiger partial charge in [0.1, 0.15) is 5.82 Å². The Kier molecular flexibility index (Phi) is 5.58. The first kappa shape index (κ1) is 17.7. The lowest BCUT2D eigenvalue weighted by atomic mass is 9.93. The number of nitrogens with zero attached hydrogens (tertiary/aromatic N) is 2. The number of piperidine rings is 1. The van der Waals surface area contributed by atoms with Gasteiger partial charge in [0.25, 0.3) is 5.56 Å². The van der Waals surface area contributed by atoms with Crippen LogP contribution in [-0.2, 0) is 4.79 Å². The SMILES string of the molecule is Cc1nc(C2CCN(C(=O)CSc3ccccc3C)CC2)cc(=O)[nH]1. The summed E-state index contributed by atoms with van der Waals surface area (Å²) in [6, 6.07) is 9.72. The molecule has 1 amide bonds. The zero-order valence-electron chi connectivity index (χ0n) is 14.6. The molecule has 25 heavy (non-hydrogen) atoms. The van der Waals surface area contributed by atoms with Crippen molar-refractivity contribution in [3.8, 4) is 0 Å². The van der Waals surface area contributed by atoms with Gasteiger partial charge < -0.3 is 9.88 Å². The van der Waals surface area contributed by atoms with Crippen molar-refractivity contribution in [3.63, 3.8) is 0 Å². The van der Waals surface area contributed by atoms with Gasteiger partial charge in [0.05, 0.1) is 11.4 Å². The number of H-pyrrole nitrogens is 1. The summed E-state index contributed by atoms with van der Waals surface area (Å²) in [7, 11) is 0. The maximum Gasteiger partial charge on any atom is 0.251 e. The minimum atomic E-state index is -0.101. The highest BCUT2D eigenvalue weighted by Gasteiger charge is 2.25. The van der Waals surface area contributed by atoms with Crippen molar-refractivity contribution in [2.45, 2.75) is 37.5 Å². The number of rotatable bonds is 4. The molecule has 0 aliphatic carbocycles. The van der Waals surface area contributed by atoms with Crippen LogP contribution in [0.4, 0.5) is 0 Å².